The molecule has 0 radical (unpaired) electrons. The quantitative estimate of drug-likeness (QED) is 0.784. The fraction of sp³-hybridized carbons (Fsp3) is 0.733. The molecule has 1 aromatic rings. The first-order valence-electron chi connectivity index (χ1n) is 7.67. The van der Waals surface area contributed by atoms with Gasteiger partial charge in [0.1, 0.15) is 0 Å². The number of carbonyl (C=O) groups excluding carboxylic acids is 1. The normalized spacial score (nSPS) is 17.1. The van der Waals surface area contributed by atoms with E-state index >= 15 is 0 Å². The van der Waals surface area contributed by atoms with Crippen molar-refractivity contribution in [1.82, 2.24) is 14.7 Å². The molecule has 0 aromatic carbocycles. The van der Waals surface area contributed by atoms with Gasteiger partial charge in [-0.05, 0) is 46.7 Å². The lowest BCUT2D eigenvalue weighted by atomic mass is 9.97. The zero-order valence-electron chi connectivity index (χ0n) is 13.1. The number of piperidine rings is 1. The molecule has 1 aromatic heterocycles. The Morgan fingerprint density at radius 2 is 2.05 bits per heavy atom. The third-order valence-electron chi connectivity index (χ3n) is 4.03. The average molecular weight is 314 g/mol. The topological polar surface area (TPSA) is 47.4 Å². The second-order valence-electron chi connectivity index (χ2n) is 5.46. The minimum Gasteiger partial charge on any atom is -0.466 e. The molecule has 0 unspecified atom stereocenters. The van der Waals surface area contributed by atoms with Crippen molar-refractivity contribution in [1.29, 1.82) is 0 Å². The van der Waals surface area contributed by atoms with Gasteiger partial charge in [-0.15, -0.1) is 0 Å². The highest BCUT2D eigenvalue weighted by Gasteiger charge is 2.27. The number of esters is 1. The van der Waals surface area contributed by atoms with Crippen LogP contribution in [0.4, 0.5) is 0 Å². The SMILES string of the molecule is CCOC(=O)C1CCN(Cc2c(Cl)c(C)nn2CC)CC1. The van der Waals surface area contributed by atoms with E-state index in [4.69, 9.17) is 16.3 Å². The van der Waals surface area contributed by atoms with E-state index in [1.807, 2.05) is 18.5 Å². The summed E-state index contributed by atoms with van der Waals surface area (Å²) in [5.74, 6) is -0.000814. The standard InChI is InChI=1S/C15H24ClN3O2/c1-4-19-13(14(16)11(3)17-19)10-18-8-6-12(7-9-18)15(20)21-5-2/h12H,4-10H2,1-3H3. The second-order valence-corrected chi connectivity index (χ2v) is 5.84. The molecular weight excluding hydrogens is 290 g/mol. The molecule has 0 spiro atoms. The van der Waals surface area contributed by atoms with Crippen LogP contribution in [0.5, 0.6) is 0 Å². The van der Waals surface area contributed by atoms with E-state index in [1.165, 1.54) is 0 Å². The van der Waals surface area contributed by atoms with Crippen molar-refractivity contribution >= 4 is 17.6 Å². The molecule has 0 amide bonds. The predicted molar refractivity (Wildman–Crippen MR) is 82.3 cm³/mol. The van der Waals surface area contributed by atoms with Crippen LogP contribution in [0.3, 0.4) is 0 Å². The van der Waals surface area contributed by atoms with Gasteiger partial charge in [0.15, 0.2) is 0 Å². The zero-order chi connectivity index (χ0) is 15.4. The largest absolute Gasteiger partial charge is 0.466 e. The highest BCUT2D eigenvalue weighted by molar-refractivity contribution is 6.31. The first-order valence-corrected chi connectivity index (χ1v) is 8.05. The monoisotopic (exact) mass is 313 g/mol. The number of ether oxygens (including phenoxy) is 1. The predicted octanol–water partition coefficient (Wildman–Crippen LogP) is 2.64. The molecule has 0 aliphatic carbocycles. The molecule has 1 aliphatic rings. The van der Waals surface area contributed by atoms with Gasteiger partial charge in [0, 0.05) is 13.1 Å². The van der Waals surface area contributed by atoms with Crippen molar-refractivity contribution in [2.75, 3.05) is 19.7 Å². The fourth-order valence-corrected chi connectivity index (χ4v) is 3.01. The van der Waals surface area contributed by atoms with Crippen molar-refractivity contribution in [2.24, 2.45) is 5.92 Å². The maximum absolute atomic E-state index is 11.7. The Labute approximate surface area is 131 Å². The van der Waals surface area contributed by atoms with Gasteiger partial charge in [0.25, 0.3) is 0 Å². The number of hydrogen-bond donors (Lipinski definition) is 0. The third kappa shape index (κ3) is 3.77. The van der Waals surface area contributed by atoms with Crippen LogP contribution in [-0.2, 0) is 22.6 Å². The zero-order valence-corrected chi connectivity index (χ0v) is 13.8. The summed E-state index contributed by atoms with van der Waals surface area (Å²) in [4.78, 5) is 14.1. The van der Waals surface area contributed by atoms with Gasteiger partial charge >= 0.3 is 5.97 Å². The summed E-state index contributed by atoms with van der Waals surface area (Å²) in [6, 6.07) is 0. The van der Waals surface area contributed by atoms with Crippen molar-refractivity contribution in [2.45, 2.75) is 46.7 Å². The molecule has 0 atom stereocenters. The van der Waals surface area contributed by atoms with E-state index in [-0.39, 0.29) is 11.9 Å². The Balaban J connectivity index is 1.93. The van der Waals surface area contributed by atoms with Crippen LogP contribution in [0.1, 0.15) is 38.1 Å². The number of rotatable bonds is 5. The third-order valence-corrected chi connectivity index (χ3v) is 4.53. The number of hydrogen-bond acceptors (Lipinski definition) is 4. The van der Waals surface area contributed by atoms with Crippen LogP contribution < -0.4 is 0 Å². The van der Waals surface area contributed by atoms with E-state index in [0.29, 0.717) is 6.61 Å². The molecule has 2 heterocycles. The van der Waals surface area contributed by atoms with Gasteiger partial charge in [-0.2, -0.15) is 5.10 Å². The van der Waals surface area contributed by atoms with Crippen LogP contribution in [0.15, 0.2) is 0 Å². The minimum atomic E-state index is -0.0513. The van der Waals surface area contributed by atoms with Gasteiger partial charge in [0.05, 0.1) is 28.9 Å². The summed E-state index contributed by atoms with van der Waals surface area (Å²) in [5, 5.41) is 5.21. The first-order chi connectivity index (χ1) is 10.1. The van der Waals surface area contributed by atoms with Crippen LogP contribution in [0.2, 0.25) is 5.02 Å². The molecule has 1 fully saturated rings. The van der Waals surface area contributed by atoms with E-state index in [1.54, 1.807) is 0 Å². The van der Waals surface area contributed by atoms with Crippen molar-refractivity contribution in [3.05, 3.63) is 16.4 Å². The Morgan fingerprint density at radius 1 is 1.38 bits per heavy atom. The van der Waals surface area contributed by atoms with Gasteiger partial charge in [-0.1, -0.05) is 11.6 Å². The molecule has 5 nitrogen and oxygen atoms in total. The van der Waals surface area contributed by atoms with Crippen LogP contribution in [0, 0.1) is 12.8 Å². The Bertz CT molecular complexity index is 493. The number of halogens is 1. The lowest BCUT2D eigenvalue weighted by molar-refractivity contribution is -0.149. The van der Waals surface area contributed by atoms with E-state index in [0.717, 1.165) is 55.4 Å². The maximum atomic E-state index is 11.7. The molecular formula is C15H24ClN3O2. The number of nitrogens with zero attached hydrogens (tertiary/aromatic N) is 3. The summed E-state index contributed by atoms with van der Waals surface area (Å²) < 4.78 is 7.07. The molecule has 1 aliphatic heterocycles. The molecule has 2 rings (SSSR count). The van der Waals surface area contributed by atoms with Gasteiger partial charge < -0.3 is 4.74 Å². The van der Waals surface area contributed by atoms with E-state index in [9.17, 15) is 4.79 Å². The molecule has 118 valence electrons. The number of likely N-dealkylation sites (tertiary alicyclic amines) is 1. The summed E-state index contributed by atoms with van der Waals surface area (Å²) in [7, 11) is 0. The summed E-state index contributed by atoms with van der Waals surface area (Å²) in [6.45, 7) is 9.73. The van der Waals surface area contributed by atoms with E-state index < -0.39 is 0 Å². The van der Waals surface area contributed by atoms with Gasteiger partial charge in [-0.3, -0.25) is 14.4 Å². The Hall–Kier alpha value is -1.07. The Kier molecular flexibility index (Phi) is 5.65. The van der Waals surface area contributed by atoms with Crippen LogP contribution in [0.25, 0.3) is 0 Å². The van der Waals surface area contributed by atoms with Crippen LogP contribution in [-0.4, -0.2) is 40.3 Å². The smallest absolute Gasteiger partial charge is 0.309 e. The lowest BCUT2D eigenvalue weighted by Crippen LogP contribution is -2.37. The summed E-state index contributed by atoms with van der Waals surface area (Å²) in [5.41, 5.74) is 1.96. The molecule has 0 bridgehead atoms. The maximum Gasteiger partial charge on any atom is 0.309 e. The lowest BCUT2D eigenvalue weighted by Gasteiger charge is -2.30. The Morgan fingerprint density at radius 3 is 2.62 bits per heavy atom. The summed E-state index contributed by atoms with van der Waals surface area (Å²) >= 11 is 6.35. The van der Waals surface area contributed by atoms with Crippen LogP contribution >= 0.6 is 11.6 Å². The van der Waals surface area contributed by atoms with Gasteiger partial charge in [-0.25, -0.2) is 0 Å². The molecule has 1 saturated heterocycles. The highest BCUT2D eigenvalue weighted by Crippen LogP contribution is 2.25. The average Bonchev–Trinajstić information content (AvgIpc) is 2.76. The molecule has 6 heteroatoms. The summed E-state index contributed by atoms with van der Waals surface area (Å²) in [6.07, 6.45) is 1.71. The molecule has 0 N–H and O–H groups in total. The minimum absolute atomic E-state index is 0.0505. The van der Waals surface area contributed by atoms with Gasteiger partial charge in [0.2, 0.25) is 0 Å². The molecule has 0 saturated carbocycles. The fourth-order valence-electron chi connectivity index (χ4n) is 2.82. The van der Waals surface area contributed by atoms with Crippen molar-refractivity contribution in [3.63, 3.8) is 0 Å². The van der Waals surface area contributed by atoms with Crippen molar-refractivity contribution < 1.29 is 9.53 Å². The molecule has 21 heavy (non-hydrogen) atoms. The number of carbonyl (C=O) groups is 1. The number of aryl methyl sites for hydroxylation is 2. The number of aromatic nitrogens is 2. The highest BCUT2D eigenvalue weighted by atomic mass is 35.5. The second kappa shape index (κ2) is 7.27. The van der Waals surface area contributed by atoms with Crippen molar-refractivity contribution in [3.8, 4) is 0 Å². The first kappa shape index (κ1) is 16.3. The van der Waals surface area contributed by atoms with E-state index in [2.05, 4.69) is 16.9 Å².